The van der Waals surface area contributed by atoms with Crippen LogP contribution in [0.25, 0.3) is 0 Å². The van der Waals surface area contributed by atoms with Gasteiger partial charge in [-0.3, -0.25) is 9.59 Å². The molecule has 1 aliphatic heterocycles. The van der Waals surface area contributed by atoms with Crippen LogP contribution in [0.15, 0.2) is 0 Å². The maximum atomic E-state index is 11.8. The Bertz CT molecular complexity index is 354. The van der Waals surface area contributed by atoms with Gasteiger partial charge in [-0.2, -0.15) is 0 Å². The molecule has 7 nitrogen and oxygen atoms in total. The number of hydrogen-bond donors (Lipinski definition) is 2. The van der Waals surface area contributed by atoms with Crippen LogP contribution in [0.4, 0.5) is 0 Å². The van der Waals surface area contributed by atoms with Crippen molar-refractivity contribution in [2.75, 3.05) is 26.2 Å². The van der Waals surface area contributed by atoms with Gasteiger partial charge in [0.25, 0.3) is 0 Å². The molecule has 20 heavy (non-hydrogen) atoms. The van der Waals surface area contributed by atoms with Gasteiger partial charge in [0.1, 0.15) is 0 Å². The lowest BCUT2D eigenvalue weighted by Crippen LogP contribution is -2.47. The van der Waals surface area contributed by atoms with Crippen molar-refractivity contribution in [3.05, 3.63) is 0 Å². The summed E-state index contributed by atoms with van der Waals surface area (Å²) in [4.78, 5) is 36.4. The molecule has 1 aliphatic rings. The van der Waals surface area contributed by atoms with Crippen LogP contribution in [-0.2, 0) is 19.1 Å². The van der Waals surface area contributed by atoms with Crippen LogP contribution in [-0.4, -0.2) is 55.0 Å². The second kappa shape index (κ2) is 8.52. The number of esters is 1. The summed E-state index contributed by atoms with van der Waals surface area (Å²) in [7, 11) is 0. The highest BCUT2D eigenvalue weighted by molar-refractivity contribution is 6.01. The van der Waals surface area contributed by atoms with Gasteiger partial charge >= 0.3 is 5.97 Å². The number of ether oxygens (including phenoxy) is 1. The number of nitrogens with one attached hydrogen (secondary N) is 1. The lowest BCUT2D eigenvalue weighted by molar-refractivity contribution is -0.147. The van der Waals surface area contributed by atoms with Crippen molar-refractivity contribution in [3.8, 4) is 0 Å². The first-order chi connectivity index (χ1) is 9.56. The van der Waals surface area contributed by atoms with Gasteiger partial charge in [-0.05, 0) is 26.2 Å². The number of likely N-dealkylation sites (tertiary alicyclic amines) is 1. The lowest BCUT2D eigenvalue weighted by atomic mass is 10.1. The maximum absolute atomic E-state index is 11.8. The molecule has 7 heteroatoms. The molecule has 1 rings (SSSR count). The van der Waals surface area contributed by atoms with Gasteiger partial charge in [0.05, 0.1) is 6.61 Å². The Morgan fingerprint density at radius 3 is 2.50 bits per heavy atom. The van der Waals surface area contributed by atoms with E-state index in [1.807, 2.05) is 0 Å². The van der Waals surface area contributed by atoms with Crippen molar-refractivity contribution in [2.24, 2.45) is 5.73 Å². The van der Waals surface area contributed by atoms with Gasteiger partial charge in [-0.25, -0.2) is 4.79 Å². The van der Waals surface area contributed by atoms with Gasteiger partial charge in [0, 0.05) is 26.1 Å². The SMILES string of the molecule is CCOC(=O)C(N)C(=O)NCCC(=O)N1CCCCC1. The molecule has 0 aromatic rings. The number of nitrogens with zero attached hydrogens (tertiary/aromatic N) is 1. The first-order valence-corrected chi connectivity index (χ1v) is 7.04. The predicted octanol–water partition coefficient (Wildman–Crippen LogP) is -0.604. The fraction of sp³-hybridized carbons (Fsp3) is 0.769. The van der Waals surface area contributed by atoms with Gasteiger partial charge in [0.2, 0.25) is 11.8 Å². The molecule has 114 valence electrons. The standard InChI is InChI=1S/C13H23N3O4/c1-2-20-13(19)11(14)12(18)15-7-6-10(17)16-8-4-3-5-9-16/h11H,2-9,14H2,1H3,(H,15,18). The van der Waals surface area contributed by atoms with E-state index in [9.17, 15) is 14.4 Å². The summed E-state index contributed by atoms with van der Waals surface area (Å²) in [6.45, 7) is 3.57. The lowest BCUT2D eigenvalue weighted by Gasteiger charge is -2.26. The number of carbonyl (C=O) groups excluding carboxylic acids is 3. The van der Waals surface area contributed by atoms with E-state index in [2.05, 4.69) is 10.1 Å². The zero-order valence-corrected chi connectivity index (χ0v) is 11.9. The topological polar surface area (TPSA) is 102 Å². The quantitative estimate of drug-likeness (QED) is 0.501. The van der Waals surface area contributed by atoms with Crippen LogP contribution in [0, 0.1) is 0 Å². The zero-order chi connectivity index (χ0) is 15.0. The van der Waals surface area contributed by atoms with Crippen LogP contribution < -0.4 is 11.1 Å². The van der Waals surface area contributed by atoms with Crippen molar-refractivity contribution < 1.29 is 19.1 Å². The van der Waals surface area contributed by atoms with Crippen LogP contribution in [0.3, 0.4) is 0 Å². The first-order valence-electron chi connectivity index (χ1n) is 7.04. The Kier molecular flexibility index (Phi) is 7.00. The second-order valence-corrected chi connectivity index (χ2v) is 4.71. The number of piperidine rings is 1. The van der Waals surface area contributed by atoms with E-state index in [0.717, 1.165) is 32.4 Å². The molecule has 1 unspecified atom stereocenters. The molecule has 0 aromatic carbocycles. The Hall–Kier alpha value is -1.63. The van der Waals surface area contributed by atoms with Gasteiger partial charge in [0.15, 0.2) is 6.04 Å². The third-order valence-corrected chi connectivity index (χ3v) is 3.17. The van der Waals surface area contributed by atoms with E-state index < -0.39 is 17.9 Å². The summed E-state index contributed by atoms with van der Waals surface area (Å²) in [5, 5.41) is 2.48. The average Bonchev–Trinajstić information content (AvgIpc) is 2.47. The smallest absolute Gasteiger partial charge is 0.332 e. The zero-order valence-electron chi connectivity index (χ0n) is 11.9. The summed E-state index contributed by atoms with van der Waals surface area (Å²) in [5.74, 6) is -1.35. The number of rotatable bonds is 6. The van der Waals surface area contributed by atoms with Crippen LogP contribution in [0.5, 0.6) is 0 Å². The van der Waals surface area contributed by atoms with E-state index in [1.54, 1.807) is 11.8 Å². The van der Waals surface area contributed by atoms with E-state index >= 15 is 0 Å². The highest BCUT2D eigenvalue weighted by atomic mass is 16.5. The highest BCUT2D eigenvalue weighted by Gasteiger charge is 2.23. The number of amides is 2. The molecule has 0 bridgehead atoms. The van der Waals surface area contributed by atoms with Crippen molar-refractivity contribution in [2.45, 2.75) is 38.6 Å². The van der Waals surface area contributed by atoms with Crippen LogP contribution in [0.2, 0.25) is 0 Å². The molecule has 1 saturated heterocycles. The Morgan fingerprint density at radius 1 is 1.25 bits per heavy atom. The normalized spacial score (nSPS) is 16.4. The molecule has 3 N–H and O–H groups in total. The highest BCUT2D eigenvalue weighted by Crippen LogP contribution is 2.09. The Balaban J connectivity index is 2.23. The predicted molar refractivity (Wildman–Crippen MR) is 72.7 cm³/mol. The molecule has 2 amide bonds. The fourth-order valence-corrected chi connectivity index (χ4v) is 2.04. The maximum Gasteiger partial charge on any atom is 0.332 e. The minimum absolute atomic E-state index is 0.0229. The largest absolute Gasteiger partial charge is 0.464 e. The molecule has 0 radical (unpaired) electrons. The van der Waals surface area contributed by atoms with Crippen molar-refractivity contribution >= 4 is 17.8 Å². The summed E-state index contributed by atoms with van der Waals surface area (Å²) in [5.41, 5.74) is 5.42. The minimum Gasteiger partial charge on any atom is -0.464 e. The van der Waals surface area contributed by atoms with E-state index in [0.29, 0.717) is 0 Å². The third kappa shape index (κ3) is 5.16. The Labute approximate surface area is 118 Å². The van der Waals surface area contributed by atoms with E-state index in [1.165, 1.54) is 0 Å². The fourth-order valence-electron chi connectivity index (χ4n) is 2.04. The van der Waals surface area contributed by atoms with Crippen LogP contribution in [0.1, 0.15) is 32.6 Å². The summed E-state index contributed by atoms with van der Waals surface area (Å²) < 4.78 is 4.65. The van der Waals surface area contributed by atoms with Crippen molar-refractivity contribution in [1.82, 2.24) is 10.2 Å². The molecular formula is C13H23N3O4. The van der Waals surface area contributed by atoms with E-state index in [4.69, 9.17) is 5.73 Å². The average molecular weight is 285 g/mol. The first kappa shape index (κ1) is 16.4. The van der Waals surface area contributed by atoms with Crippen molar-refractivity contribution in [3.63, 3.8) is 0 Å². The second-order valence-electron chi connectivity index (χ2n) is 4.71. The molecule has 0 aliphatic carbocycles. The number of nitrogens with two attached hydrogens (primary N) is 1. The van der Waals surface area contributed by atoms with Gasteiger partial charge < -0.3 is 20.7 Å². The Morgan fingerprint density at radius 2 is 1.90 bits per heavy atom. The molecule has 1 heterocycles. The minimum atomic E-state index is -1.33. The van der Waals surface area contributed by atoms with Crippen LogP contribution >= 0.6 is 0 Å². The number of carbonyl (C=O) groups is 3. The molecule has 0 saturated carbocycles. The molecular weight excluding hydrogens is 262 g/mol. The summed E-state index contributed by atoms with van der Waals surface area (Å²) in [6, 6.07) is -1.33. The molecule has 1 fully saturated rings. The molecule has 1 atom stereocenters. The summed E-state index contributed by atoms with van der Waals surface area (Å²) in [6.07, 6.45) is 3.45. The van der Waals surface area contributed by atoms with E-state index in [-0.39, 0.29) is 25.5 Å². The van der Waals surface area contributed by atoms with Crippen molar-refractivity contribution in [1.29, 1.82) is 0 Å². The molecule has 0 spiro atoms. The third-order valence-electron chi connectivity index (χ3n) is 3.17. The van der Waals surface area contributed by atoms with Gasteiger partial charge in [-0.1, -0.05) is 0 Å². The number of hydrogen-bond acceptors (Lipinski definition) is 5. The molecule has 0 aromatic heterocycles. The summed E-state index contributed by atoms with van der Waals surface area (Å²) >= 11 is 0. The van der Waals surface area contributed by atoms with Gasteiger partial charge in [-0.15, -0.1) is 0 Å². The monoisotopic (exact) mass is 285 g/mol.